The van der Waals surface area contributed by atoms with Crippen molar-refractivity contribution in [3.63, 3.8) is 0 Å². The van der Waals surface area contributed by atoms with Crippen LogP contribution in [0.1, 0.15) is 25.3 Å². The molecule has 26 heavy (non-hydrogen) atoms. The number of thiazole rings is 1. The summed E-state index contributed by atoms with van der Waals surface area (Å²) in [7, 11) is 0. The van der Waals surface area contributed by atoms with Gasteiger partial charge in [0.2, 0.25) is 5.91 Å². The number of thioether (sulfide) groups is 1. The molecule has 1 heterocycles. The fraction of sp³-hybridized carbons (Fsp3) is 0.200. The zero-order valence-electron chi connectivity index (χ0n) is 14.5. The van der Waals surface area contributed by atoms with E-state index >= 15 is 0 Å². The van der Waals surface area contributed by atoms with Gasteiger partial charge in [-0.3, -0.25) is 4.79 Å². The van der Waals surface area contributed by atoms with E-state index in [2.05, 4.69) is 52.2 Å². The summed E-state index contributed by atoms with van der Waals surface area (Å²) >= 11 is 6.46. The SMILES string of the molecule is CC(C)c1ccc(NC(=O)CSc2nc(-c3ccc(Br)cc3)cs2)cc1. The number of aromatic nitrogens is 1. The van der Waals surface area contributed by atoms with E-state index in [1.54, 1.807) is 11.3 Å². The van der Waals surface area contributed by atoms with Crippen molar-refractivity contribution in [3.05, 3.63) is 63.9 Å². The quantitative estimate of drug-likeness (QED) is 0.443. The summed E-state index contributed by atoms with van der Waals surface area (Å²) in [6.07, 6.45) is 0. The number of carbonyl (C=O) groups is 1. The van der Waals surface area contributed by atoms with Crippen LogP contribution in [0.15, 0.2) is 62.7 Å². The predicted octanol–water partition coefficient (Wildman–Crippen LogP) is 6.43. The first-order valence-corrected chi connectivity index (χ1v) is 10.9. The fourth-order valence-electron chi connectivity index (χ4n) is 2.35. The highest BCUT2D eigenvalue weighted by Crippen LogP contribution is 2.29. The van der Waals surface area contributed by atoms with Crippen LogP contribution in [0, 0.1) is 0 Å². The minimum absolute atomic E-state index is 0.0207. The summed E-state index contributed by atoms with van der Waals surface area (Å²) in [6.45, 7) is 4.31. The normalized spacial score (nSPS) is 10.9. The molecule has 0 unspecified atom stereocenters. The Morgan fingerprint density at radius 1 is 1.15 bits per heavy atom. The molecule has 2 aromatic carbocycles. The van der Waals surface area contributed by atoms with Crippen LogP contribution in [0.5, 0.6) is 0 Å². The topological polar surface area (TPSA) is 42.0 Å². The van der Waals surface area contributed by atoms with Gasteiger partial charge in [-0.2, -0.15) is 0 Å². The molecular weight excluding hydrogens is 428 g/mol. The van der Waals surface area contributed by atoms with E-state index in [0.717, 1.165) is 25.8 Å². The largest absolute Gasteiger partial charge is 0.325 e. The van der Waals surface area contributed by atoms with Crippen LogP contribution in [0.3, 0.4) is 0 Å². The average Bonchev–Trinajstić information content (AvgIpc) is 3.10. The van der Waals surface area contributed by atoms with Gasteiger partial charge in [-0.1, -0.05) is 65.8 Å². The van der Waals surface area contributed by atoms with Crippen LogP contribution < -0.4 is 5.32 Å². The molecule has 0 saturated heterocycles. The molecule has 1 aromatic heterocycles. The lowest BCUT2D eigenvalue weighted by Crippen LogP contribution is -2.13. The van der Waals surface area contributed by atoms with Gasteiger partial charge < -0.3 is 5.32 Å². The third kappa shape index (κ3) is 5.19. The zero-order valence-corrected chi connectivity index (χ0v) is 17.7. The molecule has 0 aliphatic carbocycles. The van der Waals surface area contributed by atoms with Crippen molar-refractivity contribution in [3.8, 4) is 11.3 Å². The Kier molecular flexibility index (Phi) is 6.51. The van der Waals surface area contributed by atoms with Gasteiger partial charge in [0.15, 0.2) is 4.34 Å². The molecule has 0 aliphatic heterocycles. The lowest BCUT2D eigenvalue weighted by atomic mass is 10.0. The number of nitrogens with zero attached hydrogens (tertiary/aromatic N) is 1. The predicted molar refractivity (Wildman–Crippen MR) is 115 cm³/mol. The van der Waals surface area contributed by atoms with Gasteiger partial charge in [0, 0.05) is 21.1 Å². The van der Waals surface area contributed by atoms with Crippen LogP contribution in [-0.4, -0.2) is 16.6 Å². The third-order valence-corrected chi connectivity index (χ3v) is 6.36. The van der Waals surface area contributed by atoms with Gasteiger partial charge in [-0.25, -0.2) is 4.98 Å². The van der Waals surface area contributed by atoms with E-state index in [4.69, 9.17) is 0 Å². The van der Waals surface area contributed by atoms with Crippen LogP contribution >= 0.6 is 39.0 Å². The number of nitrogens with one attached hydrogen (secondary N) is 1. The highest BCUT2D eigenvalue weighted by atomic mass is 79.9. The second-order valence-electron chi connectivity index (χ2n) is 6.12. The maximum absolute atomic E-state index is 12.2. The molecule has 1 amide bonds. The molecule has 3 aromatic rings. The van der Waals surface area contributed by atoms with Crippen LogP contribution in [0.4, 0.5) is 5.69 Å². The monoisotopic (exact) mass is 446 g/mol. The number of anilines is 1. The Labute approximate surface area is 170 Å². The van der Waals surface area contributed by atoms with E-state index in [1.165, 1.54) is 17.3 Å². The molecule has 0 radical (unpaired) electrons. The number of hydrogen-bond acceptors (Lipinski definition) is 4. The molecule has 134 valence electrons. The first-order chi connectivity index (χ1) is 12.5. The summed E-state index contributed by atoms with van der Waals surface area (Å²) in [6, 6.07) is 16.1. The van der Waals surface area contributed by atoms with Crippen molar-refractivity contribution in [1.29, 1.82) is 0 Å². The first-order valence-electron chi connectivity index (χ1n) is 8.25. The summed E-state index contributed by atoms with van der Waals surface area (Å²) in [4.78, 5) is 16.8. The van der Waals surface area contributed by atoms with E-state index in [0.29, 0.717) is 11.7 Å². The van der Waals surface area contributed by atoms with Gasteiger partial charge in [-0.05, 0) is 35.7 Å². The number of hydrogen-bond donors (Lipinski definition) is 1. The van der Waals surface area contributed by atoms with Gasteiger partial charge in [0.05, 0.1) is 11.4 Å². The third-order valence-electron chi connectivity index (χ3n) is 3.81. The highest BCUT2D eigenvalue weighted by molar-refractivity contribution is 9.10. The summed E-state index contributed by atoms with van der Waals surface area (Å²) < 4.78 is 1.94. The Balaban J connectivity index is 1.54. The van der Waals surface area contributed by atoms with Crippen LogP contribution in [0.2, 0.25) is 0 Å². The minimum atomic E-state index is -0.0207. The van der Waals surface area contributed by atoms with Gasteiger partial charge in [0.1, 0.15) is 0 Å². The fourth-order valence-corrected chi connectivity index (χ4v) is 4.25. The average molecular weight is 447 g/mol. The molecule has 1 N–H and O–H groups in total. The molecular formula is C20H19BrN2OS2. The Hall–Kier alpha value is -1.63. The molecule has 0 bridgehead atoms. The lowest BCUT2D eigenvalue weighted by Gasteiger charge is -2.08. The molecule has 0 fully saturated rings. The molecule has 3 rings (SSSR count). The molecule has 0 saturated carbocycles. The smallest absolute Gasteiger partial charge is 0.234 e. The number of carbonyl (C=O) groups excluding carboxylic acids is 1. The summed E-state index contributed by atoms with van der Waals surface area (Å²) in [5.74, 6) is 0.812. The number of halogens is 1. The van der Waals surface area contributed by atoms with Crippen molar-refractivity contribution in [2.75, 3.05) is 11.1 Å². The van der Waals surface area contributed by atoms with Crippen LogP contribution in [0.25, 0.3) is 11.3 Å². The van der Waals surface area contributed by atoms with E-state index in [-0.39, 0.29) is 5.91 Å². The van der Waals surface area contributed by atoms with Gasteiger partial charge >= 0.3 is 0 Å². The maximum atomic E-state index is 12.2. The Morgan fingerprint density at radius 3 is 2.50 bits per heavy atom. The summed E-state index contributed by atoms with van der Waals surface area (Å²) in [5.41, 5.74) is 4.11. The van der Waals surface area contributed by atoms with Crippen molar-refractivity contribution in [2.45, 2.75) is 24.1 Å². The van der Waals surface area contributed by atoms with E-state index in [9.17, 15) is 4.79 Å². The Bertz CT molecular complexity index is 874. The molecule has 3 nitrogen and oxygen atoms in total. The molecule has 0 aliphatic rings. The zero-order chi connectivity index (χ0) is 18.5. The Morgan fingerprint density at radius 2 is 1.85 bits per heavy atom. The highest BCUT2D eigenvalue weighted by Gasteiger charge is 2.09. The standard InChI is InChI=1S/C20H19BrN2OS2/c1-13(2)14-5-9-17(10-6-14)22-19(24)12-26-20-23-18(11-25-20)15-3-7-16(21)8-4-15/h3-11,13H,12H2,1-2H3,(H,22,24). The first kappa shape index (κ1) is 19.1. The number of rotatable bonds is 6. The van der Waals surface area contributed by atoms with Crippen molar-refractivity contribution in [2.24, 2.45) is 0 Å². The van der Waals surface area contributed by atoms with Crippen LogP contribution in [-0.2, 0) is 4.79 Å². The number of amides is 1. The second-order valence-corrected chi connectivity index (χ2v) is 9.12. The van der Waals surface area contributed by atoms with E-state index < -0.39 is 0 Å². The maximum Gasteiger partial charge on any atom is 0.234 e. The summed E-state index contributed by atoms with van der Waals surface area (Å²) in [5, 5.41) is 4.96. The minimum Gasteiger partial charge on any atom is -0.325 e. The van der Waals surface area contributed by atoms with Gasteiger partial charge in [0.25, 0.3) is 0 Å². The van der Waals surface area contributed by atoms with Crippen molar-refractivity contribution in [1.82, 2.24) is 4.98 Å². The molecule has 6 heteroatoms. The van der Waals surface area contributed by atoms with E-state index in [1.807, 2.05) is 41.8 Å². The molecule has 0 atom stereocenters. The lowest BCUT2D eigenvalue weighted by molar-refractivity contribution is -0.113. The second kappa shape index (κ2) is 8.84. The molecule has 0 spiro atoms. The van der Waals surface area contributed by atoms with Crippen molar-refractivity contribution < 1.29 is 4.79 Å². The number of benzene rings is 2. The van der Waals surface area contributed by atoms with Crippen molar-refractivity contribution >= 4 is 50.6 Å². The van der Waals surface area contributed by atoms with Gasteiger partial charge in [-0.15, -0.1) is 11.3 Å².